The Morgan fingerprint density at radius 2 is 1.86 bits per heavy atom. The SMILES string of the molecule is CCOc1c(C(=O)NC2CCN(C(=O)CO)CC2)[nH]c2cc(C)n(CC(=O)c3ccccc3)c(=O)c12. The zero-order valence-corrected chi connectivity index (χ0v) is 20.4. The normalized spacial score (nSPS) is 14.1. The van der Waals surface area contributed by atoms with Gasteiger partial charge in [-0.25, -0.2) is 0 Å². The van der Waals surface area contributed by atoms with E-state index in [1.54, 1.807) is 49.1 Å². The number of aryl methyl sites for hydroxylation is 1. The summed E-state index contributed by atoms with van der Waals surface area (Å²) >= 11 is 0. The van der Waals surface area contributed by atoms with Crippen molar-refractivity contribution in [2.45, 2.75) is 39.3 Å². The van der Waals surface area contributed by atoms with Gasteiger partial charge in [0.2, 0.25) is 5.91 Å². The Balaban J connectivity index is 1.61. The lowest BCUT2D eigenvalue weighted by Crippen LogP contribution is -2.47. The lowest BCUT2D eigenvalue weighted by Gasteiger charge is -2.32. The fraction of sp³-hybridized carbons (Fsp3) is 0.385. The molecule has 1 fully saturated rings. The van der Waals surface area contributed by atoms with Crippen LogP contribution in [0.5, 0.6) is 5.75 Å². The molecule has 1 aliphatic rings. The molecule has 10 nitrogen and oxygen atoms in total. The van der Waals surface area contributed by atoms with Gasteiger partial charge in [0.25, 0.3) is 11.5 Å². The van der Waals surface area contributed by atoms with Crippen molar-refractivity contribution in [1.82, 2.24) is 19.8 Å². The number of aliphatic hydroxyl groups excluding tert-OH is 1. The number of nitrogens with one attached hydrogen (secondary N) is 2. The minimum atomic E-state index is -0.530. The van der Waals surface area contributed by atoms with Crippen LogP contribution >= 0.6 is 0 Å². The van der Waals surface area contributed by atoms with E-state index in [0.717, 1.165) is 0 Å². The highest BCUT2D eigenvalue weighted by molar-refractivity contribution is 6.03. The van der Waals surface area contributed by atoms with Crippen molar-refractivity contribution in [1.29, 1.82) is 0 Å². The molecule has 0 radical (unpaired) electrons. The molecule has 2 aromatic heterocycles. The number of hydrogen-bond acceptors (Lipinski definition) is 6. The van der Waals surface area contributed by atoms with E-state index in [1.165, 1.54) is 4.57 Å². The van der Waals surface area contributed by atoms with Crippen LogP contribution < -0.4 is 15.6 Å². The Bertz CT molecular complexity index is 1340. The fourth-order valence-electron chi connectivity index (χ4n) is 4.54. The van der Waals surface area contributed by atoms with Gasteiger partial charge in [0, 0.05) is 30.4 Å². The van der Waals surface area contributed by atoms with Gasteiger partial charge >= 0.3 is 0 Å². The van der Waals surface area contributed by atoms with Gasteiger partial charge in [-0.2, -0.15) is 0 Å². The van der Waals surface area contributed by atoms with Gasteiger partial charge in [0.15, 0.2) is 11.5 Å². The summed E-state index contributed by atoms with van der Waals surface area (Å²) in [6.07, 6.45) is 1.10. The molecular formula is C26H30N4O6. The van der Waals surface area contributed by atoms with Gasteiger partial charge < -0.3 is 29.6 Å². The molecule has 1 aromatic carbocycles. The van der Waals surface area contributed by atoms with Crippen molar-refractivity contribution in [3.63, 3.8) is 0 Å². The molecule has 4 rings (SSSR count). The Hall–Kier alpha value is -3.92. The number of fused-ring (bicyclic) bond motifs is 1. The number of amides is 2. The number of benzene rings is 1. The number of Topliss-reactive ketones (excluding diaryl/α,β-unsaturated/α-hetero) is 1. The van der Waals surface area contributed by atoms with Gasteiger partial charge in [-0.15, -0.1) is 0 Å². The van der Waals surface area contributed by atoms with Crippen molar-refractivity contribution < 1.29 is 24.2 Å². The van der Waals surface area contributed by atoms with Crippen LogP contribution in [0.4, 0.5) is 0 Å². The smallest absolute Gasteiger partial charge is 0.271 e. The molecule has 0 saturated carbocycles. The molecule has 0 bridgehead atoms. The van der Waals surface area contributed by atoms with Gasteiger partial charge in [-0.05, 0) is 32.8 Å². The number of pyridine rings is 1. The van der Waals surface area contributed by atoms with Gasteiger partial charge in [-0.3, -0.25) is 19.2 Å². The number of ketones is 1. The number of rotatable bonds is 8. The monoisotopic (exact) mass is 494 g/mol. The number of piperidine rings is 1. The van der Waals surface area contributed by atoms with E-state index in [4.69, 9.17) is 9.84 Å². The maximum Gasteiger partial charge on any atom is 0.271 e. The molecule has 3 aromatic rings. The highest BCUT2D eigenvalue weighted by Gasteiger charge is 2.28. The first-order chi connectivity index (χ1) is 17.3. The number of aromatic nitrogens is 2. The van der Waals surface area contributed by atoms with E-state index in [9.17, 15) is 19.2 Å². The molecule has 1 saturated heterocycles. The summed E-state index contributed by atoms with van der Waals surface area (Å²) in [5.74, 6) is -0.779. The Morgan fingerprint density at radius 3 is 2.50 bits per heavy atom. The zero-order valence-electron chi connectivity index (χ0n) is 20.4. The fourth-order valence-corrected chi connectivity index (χ4v) is 4.54. The van der Waals surface area contributed by atoms with Gasteiger partial charge in [0.05, 0.1) is 18.7 Å². The predicted octanol–water partition coefficient (Wildman–Crippen LogP) is 1.63. The molecular weight excluding hydrogens is 464 g/mol. The van der Waals surface area contributed by atoms with Crippen molar-refractivity contribution >= 4 is 28.5 Å². The zero-order chi connectivity index (χ0) is 25.8. The third-order valence-corrected chi connectivity index (χ3v) is 6.45. The first-order valence-corrected chi connectivity index (χ1v) is 12.0. The Morgan fingerprint density at radius 1 is 1.17 bits per heavy atom. The molecule has 0 aliphatic carbocycles. The number of nitrogens with zero attached hydrogens (tertiary/aromatic N) is 2. The van der Waals surface area contributed by atoms with Crippen LogP contribution in [0.1, 0.15) is 46.3 Å². The lowest BCUT2D eigenvalue weighted by atomic mass is 10.0. The highest BCUT2D eigenvalue weighted by atomic mass is 16.5. The second-order valence-corrected chi connectivity index (χ2v) is 8.80. The van der Waals surface area contributed by atoms with E-state index in [0.29, 0.717) is 42.7 Å². The summed E-state index contributed by atoms with van der Waals surface area (Å²) in [6.45, 7) is 3.96. The quantitative estimate of drug-likeness (QED) is 0.408. The second kappa shape index (κ2) is 10.8. The van der Waals surface area contributed by atoms with Crippen LogP contribution in [0.15, 0.2) is 41.2 Å². The molecule has 2 amide bonds. The lowest BCUT2D eigenvalue weighted by molar-refractivity contribution is -0.135. The van der Waals surface area contributed by atoms with Gasteiger partial charge in [-0.1, -0.05) is 30.3 Å². The number of aliphatic hydroxyl groups is 1. The average molecular weight is 495 g/mol. The maximum absolute atomic E-state index is 13.5. The number of H-pyrrole nitrogens is 1. The number of aromatic amines is 1. The molecule has 3 N–H and O–H groups in total. The minimum Gasteiger partial charge on any atom is -0.491 e. The number of carbonyl (C=O) groups excluding carboxylic acids is 3. The highest BCUT2D eigenvalue weighted by Crippen LogP contribution is 2.29. The number of likely N-dealkylation sites (tertiary alicyclic amines) is 1. The summed E-state index contributed by atoms with van der Waals surface area (Å²) in [4.78, 5) is 55.7. The van der Waals surface area contributed by atoms with E-state index in [1.807, 2.05) is 6.07 Å². The standard InChI is InChI=1S/C26H30N4O6/c1-3-36-24-22-19(13-16(2)30(26(22)35)14-20(32)17-7-5-4-6-8-17)28-23(24)25(34)27-18-9-11-29(12-10-18)21(33)15-31/h4-8,13,18,28,31H,3,9-12,14-15H2,1-2H3,(H,27,34). The summed E-state index contributed by atoms with van der Waals surface area (Å²) in [5.41, 5.74) is 1.27. The van der Waals surface area contributed by atoms with E-state index < -0.39 is 18.1 Å². The molecule has 190 valence electrons. The van der Waals surface area contributed by atoms with Crippen LogP contribution in [0.25, 0.3) is 10.9 Å². The predicted molar refractivity (Wildman–Crippen MR) is 133 cm³/mol. The Kier molecular flexibility index (Phi) is 7.54. The third kappa shape index (κ3) is 5.03. The number of hydrogen-bond donors (Lipinski definition) is 3. The van der Waals surface area contributed by atoms with Crippen molar-refractivity contribution in [2.75, 3.05) is 26.3 Å². The molecule has 0 spiro atoms. The third-order valence-electron chi connectivity index (χ3n) is 6.45. The van der Waals surface area contributed by atoms with E-state index >= 15 is 0 Å². The van der Waals surface area contributed by atoms with Crippen LogP contribution in [-0.4, -0.2) is 69.5 Å². The molecule has 10 heteroatoms. The first-order valence-electron chi connectivity index (χ1n) is 12.0. The van der Waals surface area contributed by atoms with Crippen LogP contribution in [0.3, 0.4) is 0 Å². The van der Waals surface area contributed by atoms with Crippen molar-refractivity contribution in [3.05, 3.63) is 63.7 Å². The summed E-state index contributed by atoms with van der Waals surface area (Å²) in [7, 11) is 0. The molecule has 3 heterocycles. The summed E-state index contributed by atoms with van der Waals surface area (Å²) in [5, 5.41) is 12.2. The average Bonchev–Trinajstić information content (AvgIpc) is 3.25. The summed E-state index contributed by atoms with van der Waals surface area (Å²) in [6, 6.07) is 10.3. The first kappa shape index (κ1) is 25.2. The molecule has 0 unspecified atom stereocenters. The molecule has 0 atom stereocenters. The van der Waals surface area contributed by atoms with E-state index in [-0.39, 0.29) is 47.7 Å². The van der Waals surface area contributed by atoms with Gasteiger partial charge in [0.1, 0.15) is 17.7 Å². The number of carbonyl (C=O) groups is 3. The van der Waals surface area contributed by atoms with Crippen LogP contribution in [-0.2, 0) is 11.3 Å². The summed E-state index contributed by atoms with van der Waals surface area (Å²) < 4.78 is 7.15. The van der Waals surface area contributed by atoms with Crippen molar-refractivity contribution in [2.24, 2.45) is 0 Å². The van der Waals surface area contributed by atoms with Crippen LogP contribution in [0, 0.1) is 6.92 Å². The number of ether oxygens (including phenoxy) is 1. The second-order valence-electron chi connectivity index (χ2n) is 8.80. The Labute approximate surface area is 207 Å². The van der Waals surface area contributed by atoms with Crippen LogP contribution in [0.2, 0.25) is 0 Å². The largest absolute Gasteiger partial charge is 0.491 e. The maximum atomic E-state index is 13.5. The van der Waals surface area contributed by atoms with E-state index in [2.05, 4.69) is 10.3 Å². The van der Waals surface area contributed by atoms with Crippen molar-refractivity contribution in [3.8, 4) is 5.75 Å². The topological polar surface area (TPSA) is 134 Å². The molecule has 36 heavy (non-hydrogen) atoms. The minimum absolute atomic E-state index is 0.131. The molecule has 1 aliphatic heterocycles.